The molecule has 3 N–H and O–H groups in total. The molecule has 0 unspecified atom stereocenters. The maximum Gasteiger partial charge on any atom is 0.417 e. The average Bonchev–Trinajstić information content (AvgIpc) is 2.77. The maximum atomic E-state index is 12.0. The lowest BCUT2D eigenvalue weighted by Gasteiger charge is -2.27. The Bertz CT molecular complexity index is 492. The van der Waals surface area contributed by atoms with Crippen LogP contribution in [-0.4, -0.2) is 34.4 Å². The van der Waals surface area contributed by atoms with Crippen molar-refractivity contribution in [1.82, 2.24) is 0 Å². The molecule has 7 nitrogen and oxygen atoms in total. The van der Waals surface area contributed by atoms with Crippen molar-refractivity contribution in [2.75, 3.05) is 4.90 Å². The Morgan fingerprint density at radius 2 is 1.74 bits per heavy atom. The highest BCUT2D eigenvalue weighted by molar-refractivity contribution is 5.93. The molecule has 23 heavy (non-hydrogen) atoms. The van der Waals surface area contributed by atoms with Crippen LogP contribution < -0.4 is 10.6 Å². The first-order valence-electron chi connectivity index (χ1n) is 7.30. The summed E-state index contributed by atoms with van der Waals surface area (Å²) in [6.07, 6.45) is 0.605. The third-order valence-corrected chi connectivity index (χ3v) is 2.08. The van der Waals surface area contributed by atoms with Gasteiger partial charge in [0.2, 0.25) is 5.88 Å². The molecule has 0 spiro atoms. The van der Waals surface area contributed by atoms with Gasteiger partial charge in [-0.2, -0.15) is 0 Å². The van der Waals surface area contributed by atoms with Crippen molar-refractivity contribution in [3.05, 3.63) is 18.4 Å². The van der Waals surface area contributed by atoms with Gasteiger partial charge in [-0.25, -0.2) is 14.5 Å². The molecule has 1 amide bonds. The number of nitrogens with zero attached hydrogens (tertiary/aromatic N) is 1. The molecule has 1 aromatic heterocycles. The molecule has 0 aliphatic rings. The van der Waals surface area contributed by atoms with E-state index in [-0.39, 0.29) is 11.4 Å². The zero-order chi connectivity index (χ0) is 18.4. The van der Waals surface area contributed by atoms with E-state index in [2.05, 4.69) is 0 Å². The van der Waals surface area contributed by atoms with Crippen LogP contribution in [0.25, 0.3) is 0 Å². The van der Waals surface area contributed by atoms with E-state index in [9.17, 15) is 9.59 Å². The lowest BCUT2D eigenvalue weighted by molar-refractivity contribution is -0.138. The van der Waals surface area contributed by atoms with E-state index in [0.29, 0.717) is 0 Å². The van der Waals surface area contributed by atoms with E-state index < -0.39 is 23.7 Å². The summed E-state index contributed by atoms with van der Waals surface area (Å²) in [7, 11) is 0. The Hall–Kier alpha value is -2.02. The fraction of sp³-hybridized carbons (Fsp3) is 0.625. The highest BCUT2D eigenvalue weighted by Crippen LogP contribution is 2.21. The van der Waals surface area contributed by atoms with Crippen molar-refractivity contribution >= 4 is 17.9 Å². The molecule has 0 bridgehead atoms. The van der Waals surface area contributed by atoms with E-state index >= 15 is 0 Å². The highest BCUT2D eigenvalue weighted by atomic mass is 16.6. The predicted molar refractivity (Wildman–Crippen MR) is 88.5 cm³/mol. The molecule has 0 fully saturated rings. The van der Waals surface area contributed by atoms with Gasteiger partial charge in [-0.3, -0.25) is 0 Å². The van der Waals surface area contributed by atoms with Gasteiger partial charge in [0.15, 0.2) is 0 Å². The zero-order valence-electron chi connectivity index (χ0n) is 14.9. The summed E-state index contributed by atoms with van der Waals surface area (Å²) in [6, 6.07) is 2.00. The summed E-state index contributed by atoms with van der Waals surface area (Å²) in [5.41, 5.74) is 4.65. The number of hydrogen-bond donors (Lipinski definition) is 2. The van der Waals surface area contributed by atoms with Crippen molar-refractivity contribution in [3.8, 4) is 0 Å². The average molecular weight is 328 g/mol. The molecule has 132 valence electrons. The predicted octanol–water partition coefficient (Wildman–Crippen LogP) is 3.24. The zero-order valence-corrected chi connectivity index (χ0v) is 14.9. The van der Waals surface area contributed by atoms with E-state index in [1.807, 2.05) is 20.8 Å². The molecule has 1 rings (SSSR count). The molecule has 1 heterocycles. The van der Waals surface area contributed by atoms with Crippen LogP contribution in [0.3, 0.4) is 0 Å². The first-order valence-corrected chi connectivity index (χ1v) is 7.30. The summed E-state index contributed by atoms with van der Waals surface area (Å²) < 4.78 is 10.2. The number of ether oxygens (including phenoxy) is 1. The molecule has 0 saturated heterocycles. The van der Waals surface area contributed by atoms with Crippen molar-refractivity contribution in [2.45, 2.75) is 65.6 Å². The molecule has 1 aromatic rings. The number of nitrogens with two attached hydrogens (primary N) is 1. The largest absolute Gasteiger partial charge is 0.480 e. The van der Waals surface area contributed by atoms with Crippen LogP contribution in [-0.2, 0) is 9.53 Å². The lowest BCUT2D eigenvalue weighted by Crippen LogP contribution is -2.45. The lowest BCUT2D eigenvalue weighted by atomic mass is 10.1. The maximum absolute atomic E-state index is 12.0. The minimum atomic E-state index is -1.14. The van der Waals surface area contributed by atoms with Gasteiger partial charge < -0.3 is 20.0 Å². The highest BCUT2D eigenvalue weighted by Gasteiger charge is 2.32. The molecule has 0 aliphatic carbocycles. The molecule has 0 saturated carbocycles. The number of aliphatic carboxylic acids is 1. The van der Waals surface area contributed by atoms with Crippen molar-refractivity contribution in [3.63, 3.8) is 0 Å². The number of amides is 1. The van der Waals surface area contributed by atoms with Crippen molar-refractivity contribution in [1.29, 1.82) is 0 Å². The Morgan fingerprint density at radius 1 is 1.26 bits per heavy atom. The topological polar surface area (TPSA) is 106 Å². The Morgan fingerprint density at radius 3 is 2.04 bits per heavy atom. The second-order valence-corrected chi connectivity index (χ2v) is 7.18. The molecule has 0 radical (unpaired) electrons. The van der Waals surface area contributed by atoms with Crippen LogP contribution >= 0.6 is 0 Å². The van der Waals surface area contributed by atoms with Crippen LogP contribution in [0, 0.1) is 0 Å². The number of carboxylic acids is 1. The van der Waals surface area contributed by atoms with Crippen LogP contribution in [0.15, 0.2) is 22.8 Å². The van der Waals surface area contributed by atoms with E-state index in [1.54, 1.807) is 26.8 Å². The van der Waals surface area contributed by atoms with Gasteiger partial charge in [-0.05, 0) is 54.5 Å². The van der Waals surface area contributed by atoms with Crippen molar-refractivity contribution < 1.29 is 23.8 Å². The van der Waals surface area contributed by atoms with Gasteiger partial charge in [-0.15, -0.1) is 0 Å². The summed E-state index contributed by atoms with van der Waals surface area (Å²) >= 11 is 0. The number of carboxylic acid groups (broad SMARTS) is 1. The number of anilines is 1. The smallest absolute Gasteiger partial charge is 0.417 e. The van der Waals surface area contributed by atoms with Crippen molar-refractivity contribution in [2.24, 2.45) is 5.73 Å². The fourth-order valence-corrected chi connectivity index (χ4v) is 1.27. The van der Waals surface area contributed by atoms with E-state index in [0.717, 1.165) is 4.90 Å². The number of rotatable bonds is 3. The molecule has 1 atom stereocenters. The molecule has 0 aliphatic heterocycles. The summed E-state index contributed by atoms with van der Waals surface area (Å²) in [5, 5.41) is 9.01. The summed E-state index contributed by atoms with van der Waals surface area (Å²) in [5.74, 6) is -1.00. The van der Waals surface area contributed by atoms with Gasteiger partial charge in [-0.1, -0.05) is 0 Å². The number of carbonyl (C=O) groups excluding carboxylic acids is 1. The van der Waals surface area contributed by atoms with Crippen LogP contribution in [0.5, 0.6) is 0 Å². The monoisotopic (exact) mass is 328 g/mol. The van der Waals surface area contributed by atoms with Gasteiger partial charge in [0.25, 0.3) is 0 Å². The Balaban J connectivity index is 0.000000841. The minimum absolute atomic E-state index is 0. The first kappa shape index (κ1) is 21.0. The van der Waals surface area contributed by atoms with Crippen LogP contribution in [0.4, 0.5) is 10.7 Å². The minimum Gasteiger partial charge on any atom is -0.480 e. The van der Waals surface area contributed by atoms with Gasteiger partial charge in [0, 0.05) is 11.6 Å². The molecular weight excluding hydrogens is 300 g/mol. The first-order chi connectivity index (χ1) is 10.2. The van der Waals surface area contributed by atoms with Gasteiger partial charge >= 0.3 is 12.1 Å². The Kier molecular flexibility index (Phi) is 7.30. The normalized spacial score (nSPS) is 12.7. The SMILES string of the molecule is CC(C)(C)N.C[C@@H](C(=O)O)N(C(=O)OC(C)(C)C)c1ccco1. The summed E-state index contributed by atoms with van der Waals surface area (Å²) in [6.45, 7) is 12.4. The summed E-state index contributed by atoms with van der Waals surface area (Å²) in [4.78, 5) is 24.0. The number of furan rings is 1. The van der Waals surface area contributed by atoms with Gasteiger partial charge in [0.05, 0.1) is 6.26 Å². The fourth-order valence-electron chi connectivity index (χ4n) is 1.27. The standard InChI is InChI=1S/C12H17NO5.C4H11N/c1-8(10(14)15)13(9-6-5-7-17-9)11(16)18-12(2,3)4;1-4(2,3)5/h5-8H,1-4H3,(H,14,15);5H2,1-3H3/t8-;/m0./s1. The Labute approximate surface area is 137 Å². The number of hydrogen-bond acceptors (Lipinski definition) is 5. The van der Waals surface area contributed by atoms with Gasteiger partial charge in [0.1, 0.15) is 11.6 Å². The second kappa shape index (κ2) is 8.01. The third kappa shape index (κ3) is 9.57. The molecule has 7 heteroatoms. The number of carbonyl (C=O) groups is 2. The third-order valence-electron chi connectivity index (χ3n) is 2.08. The van der Waals surface area contributed by atoms with E-state index in [4.69, 9.17) is 20.0 Å². The molecule has 0 aromatic carbocycles. The van der Waals surface area contributed by atoms with Crippen LogP contribution in [0.1, 0.15) is 48.5 Å². The van der Waals surface area contributed by atoms with E-state index in [1.165, 1.54) is 19.3 Å². The second-order valence-electron chi connectivity index (χ2n) is 7.18. The van der Waals surface area contributed by atoms with Crippen LogP contribution in [0.2, 0.25) is 0 Å². The molecular formula is C16H28N2O5. The quantitative estimate of drug-likeness (QED) is 0.882.